The van der Waals surface area contributed by atoms with Crippen molar-refractivity contribution in [2.45, 2.75) is 38.6 Å². The van der Waals surface area contributed by atoms with E-state index >= 15 is 0 Å². The number of carbonyl (C=O) groups is 1. The first-order valence-electron chi connectivity index (χ1n) is 9.04. The highest BCUT2D eigenvalue weighted by Gasteiger charge is 2.23. The van der Waals surface area contributed by atoms with Crippen molar-refractivity contribution in [2.24, 2.45) is 5.10 Å². The fourth-order valence-electron chi connectivity index (χ4n) is 3.36. The molecule has 0 unspecified atom stereocenters. The molecule has 0 saturated heterocycles. The van der Waals surface area contributed by atoms with Gasteiger partial charge in [0.25, 0.3) is 11.5 Å². The van der Waals surface area contributed by atoms with Gasteiger partial charge in [-0.05, 0) is 43.7 Å². The summed E-state index contributed by atoms with van der Waals surface area (Å²) in [4.78, 5) is 31.9. The molecule has 0 fully saturated rings. The van der Waals surface area contributed by atoms with Crippen LogP contribution in [0.5, 0.6) is 0 Å². The number of rotatable bonds is 4. The number of hydrogen-bond donors (Lipinski definition) is 1. The van der Waals surface area contributed by atoms with E-state index in [2.05, 4.69) is 15.5 Å². The van der Waals surface area contributed by atoms with Crippen molar-refractivity contribution in [1.29, 1.82) is 0 Å². The summed E-state index contributed by atoms with van der Waals surface area (Å²) in [6.45, 7) is 1.68. The minimum atomic E-state index is -0.693. The molecule has 7 heteroatoms. The summed E-state index contributed by atoms with van der Waals surface area (Å²) in [5.74, 6) is -0.352. The molecule has 6 nitrogen and oxygen atoms in total. The number of amides is 1. The summed E-state index contributed by atoms with van der Waals surface area (Å²) in [5, 5.41) is 4.67. The van der Waals surface area contributed by atoms with Crippen LogP contribution >= 0.6 is 11.3 Å². The second-order valence-electron chi connectivity index (χ2n) is 6.67. The minimum absolute atomic E-state index is 0.144. The van der Waals surface area contributed by atoms with Crippen molar-refractivity contribution in [3.63, 3.8) is 0 Å². The molecular weight excluding hydrogens is 360 g/mol. The largest absolute Gasteiger partial charge is 0.286 e. The molecule has 0 radical (unpaired) electrons. The van der Waals surface area contributed by atoms with Gasteiger partial charge < -0.3 is 0 Å². The molecule has 138 valence electrons. The molecule has 1 aromatic carbocycles. The molecule has 1 atom stereocenters. The molecule has 1 N–H and O–H groups in total. The lowest BCUT2D eigenvalue weighted by Gasteiger charge is -2.14. The smallest absolute Gasteiger partial charge is 0.263 e. The Hall–Kier alpha value is -2.80. The van der Waals surface area contributed by atoms with Gasteiger partial charge in [0.15, 0.2) is 0 Å². The number of fused-ring (bicyclic) bond motifs is 3. The fraction of sp³-hybridized carbons (Fsp3) is 0.300. The van der Waals surface area contributed by atoms with E-state index in [9.17, 15) is 9.59 Å². The number of hydrogen-bond acceptors (Lipinski definition) is 5. The number of aromatic nitrogens is 2. The monoisotopic (exact) mass is 380 g/mol. The molecule has 1 amide bonds. The fourth-order valence-corrected chi connectivity index (χ4v) is 4.58. The first-order chi connectivity index (χ1) is 13.1. The van der Waals surface area contributed by atoms with Crippen LogP contribution in [0.3, 0.4) is 0 Å². The maximum atomic E-state index is 13.0. The van der Waals surface area contributed by atoms with Gasteiger partial charge in [0.1, 0.15) is 10.9 Å². The summed E-state index contributed by atoms with van der Waals surface area (Å²) in [7, 11) is 0. The molecule has 27 heavy (non-hydrogen) atoms. The van der Waals surface area contributed by atoms with E-state index in [0.717, 1.165) is 41.6 Å². The van der Waals surface area contributed by atoms with Crippen LogP contribution in [0.15, 0.2) is 46.6 Å². The SMILES string of the molecule is C[C@H](C(=O)N/N=C\c1ccccc1)n1cnc2sc3c(c2c1=O)CCCC3. The highest BCUT2D eigenvalue weighted by atomic mass is 32.1. The lowest BCUT2D eigenvalue weighted by Crippen LogP contribution is -2.34. The molecule has 0 spiro atoms. The Bertz CT molecular complexity index is 1070. The number of nitrogens with zero attached hydrogens (tertiary/aromatic N) is 3. The zero-order valence-corrected chi connectivity index (χ0v) is 15.8. The van der Waals surface area contributed by atoms with Crippen molar-refractivity contribution in [1.82, 2.24) is 15.0 Å². The Labute approximate surface area is 160 Å². The molecule has 2 aromatic heterocycles. The Balaban J connectivity index is 1.58. The zero-order chi connectivity index (χ0) is 18.8. The number of nitrogens with one attached hydrogen (secondary N) is 1. The topological polar surface area (TPSA) is 76.3 Å². The van der Waals surface area contributed by atoms with E-state index in [1.54, 1.807) is 24.5 Å². The van der Waals surface area contributed by atoms with E-state index in [-0.39, 0.29) is 11.5 Å². The van der Waals surface area contributed by atoms with Gasteiger partial charge in [-0.1, -0.05) is 30.3 Å². The quantitative estimate of drug-likeness (QED) is 0.558. The lowest BCUT2D eigenvalue weighted by atomic mass is 9.97. The summed E-state index contributed by atoms with van der Waals surface area (Å²) < 4.78 is 1.40. The normalized spacial score (nSPS) is 15.0. The molecule has 2 heterocycles. The van der Waals surface area contributed by atoms with Crippen LogP contribution in [0.25, 0.3) is 10.2 Å². The third-order valence-electron chi connectivity index (χ3n) is 4.89. The van der Waals surface area contributed by atoms with Crippen molar-refractivity contribution in [3.8, 4) is 0 Å². The molecule has 3 aromatic rings. The lowest BCUT2D eigenvalue weighted by molar-refractivity contribution is -0.123. The van der Waals surface area contributed by atoms with Crippen molar-refractivity contribution in [3.05, 3.63) is 63.0 Å². The van der Waals surface area contributed by atoms with Gasteiger partial charge in [-0.2, -0.15) is 5.10 Å². The standard InChI is InChI=1S/C20H20N4O2S/c1-13(18(25)23-22-11-14-7-3-2-4-8-14)24-12-21-19-17(20(24)26)15-9-5-6-10-16(15)27-19/h2-4,7-8,11-13H,5-6,9-10H2,1H3,(H,23,25)/b22-11-/t13-/m1/s1. The van der Waals surface area contributed by atoms with Crippen LogP contribution in [-0.4, -0.2) is 21.7 Å². The van der Waals surface area contributed by atoms with Gasteiger partial charge in [0, 0.05) is 4.88 Å². The van der Waals surface area contributed by atoms with E-state index in [4.69, 9.17) is 0 Å². The van der Waals surface area contributed by atoms with E-state index in [0.29, 0.717) is 5.39 Å². The van der Waals surface area contributed by atoms with Crippen LogP contribution in [0.1, 0.15) is 41.8 Å². The van der Waals surface area contributed by atoms with Crippen molar-refractivity contribution in [2.75, 3.05) is 0 Å². The first kappa shape index (κ1) is 17.6. The molecule has 1 aliphatic carbocycles. The second-order valence-corrected chi connectivity index (χ2v) is 7.75. The van der Waals surface area contributed by atoms with Crippen LogP contribution in [-0.2, 0) is 17.6 Å². The number of hydrazone groups is 1. The Kier molecular flexibility index (Phi) is 4.85. The molecule has 4 rings (SSSR count). The average Bonchev–Trinajstić information content (AvgIpc) is 3.08. The van der Waals surface area contributed by atoms with Crippen molar-refractivity contribution < 1.29 is 4.79 Å². The van der Waals surface area contributed by atoms with Crippen molar-refractivity contribution >= 4 is 33.7 Å². The van der Waals surface area contributed by atoms with Crippen LogP contribution in [0, 0.1) is 0 Å². The summed E-state index contributed by atoms with van der Waals surface area (Å²) in [6, 6.07) is 8.79. The van der Waals surface area contributed by atoms with Crippen LogP contribution in [0.4, 0.5) is 0 Å². The van der Waals surface area contributed by atoms with Gasteiger partial charge in [-0.3, -0.25) is 14.2 Å². The van der Waals surface area contributed by atoms with E-state index in [1.807, 2.05) is 30.3 Å². The van der Waals surface area contributed by atoms with Crippen LogP contribution in [0.2, 0.25) is 0 Å². The third kappa shape index (κ3) is 3.42. The summed E-state index contributed by atoms with van der Waals surface area (Å²) in [5.41, 5.74) is 4.37. The van der Waals surface area contributed by atoms with Gasteiger partial charge in [0.2, 0.25) is 0 Å². The molecular formula is C20H20N4O2S. The Morgan fingerprint density at radius 1 is 1.30 bits per heavy atom. The highest BCUT2D eigenvalue weighted by Crippen LogP contribution is 2.33. The molecule has 0 saturated carbocycles. The van der Waals surface area contributed by atoms with Gasteiger partial charge >= 0.3 is 0 Å². The van der Waals surface area contributed by atoms with Gasteiger partial charge in [0.05, 0.1) is 17.9 Å². The molecule has 0 bridgehead atoms. The Morgan fingerprint density at radius 3 is 2.89 bits per heavy atom. The van der Waals surface area contributed by atoms with Gasteiger partial charge in [-0.15, -0.1) is 11.3 Å². The minimum Gasteiger partial charge on any atom is -0.286 e. The number of benzene rings is 1. The first-order valence-corrected chi connectivity index (χ1v) is 9.86. The number of thiophene rings is 1. The predicted octanol–water partition coefficient (Wildman–Crippen LogP) is 3.05. The van der Waals surface area contributed by atoms with Gasteiger partial charge in [-0.25, -0.2) is 10.4 Å². The maximum absolute atomic E-state index is 13.0. The third-order valence-corrected chi connectivity index (χ3v) is 6.08. The molecule has 1 aliphatic rings. The summed E-state index contributed by atoms with van der Waals surface area (Å²) >= 11 is 1.61. The highest BCUT2D eigenvalue weighted by molar-refractivity contribution is 7.18. The second kappa shape index (κ2) is 7.44. The van der Waals surface area contributed by atoms with E-state index < -0.39 is 6.04 Å². The number of aryl methyl sites for hydroxylation is 2. The molecule has 0 aliphatic heterocycles. The van der Waals surface area contributed by atoms with E-state index in [1.165, 1.54) is 15.8 Å². The average molecular weight is 380 g/mol. The number of carbonyl (C=O) groups excluding carboxylic acids is 1. The van der Waals surface area contributed by atoms with Crippen LogP contribution < -0.4 is 11.0 Å². The predicted molar refractivity (Wildman–Crippen MR) is 107 cm³/mol. The summed E-state index contributed by atoms with van der Waals surface area (Å²) in [6.07, 6.45) is 7.23. The maximum Gasteiger partial charge on any atom is 0.263 e. The Morgan fingerprint density at radius 2 is 2.07 bits per heavy atom. The zero-order valence-electron chi connectivity index (χ0n) is 15.0.